The first-order chi connectivity index (χ1) is 9.06. The Morgan fingerprint density at radius 1 is 1.32 bits per heavy atom. The zero-order valence-electron chi connectivity index (χ0n) is 11.4. The number of rotatable bonds is 4. The fourth-order valence-corrected chi connectivity index (χ4v) is 2.02. The first-order valence-electron chi connectivity index (χ1n) is 6.49. The quantitative estimate of drug-likeness (QED) is 0.922. The van der Waals surface area contributed by atoms with Crippen LogP contribution in [0, 0.1) is 5.82 Å². The van der Waals surface area contributed by atoms with Crippen LogP contribution >= 0.6 is 0 Å². The second-order valence-corrected chi connectivity index (χ2v) is 4.44. The second kappa shape index (κ2) is 5.48. The van der Waals surface area contributed by atoms with Crippen LogP contribution in [0.5, 0.6) is 0 Å². The summed E-state index contributed by atoms with van der Waals surface area (Å²) in [7, 11) is 0. The third kappa shape index (κ3) is 2.66. The van der Waals surface area contributed by atoms with Gasteiger partial charge in [-0.05, 0) is 25.1 Å². The number of nitrogens with zero attached hydrogens (tertiary/aromatic N) is 3. The zero-order chi connectivity index (χ0) is 14.0. The molecule has 0 fully saturated rings. The third-order valence-electron chi connectivity index (χ3n) is 3.02. The Morgan fingerprint density at radius 3 is 2.63 bits per heavy atom. The Labute approximate surface area is 111 Å². The molecule has 1 aromatic carbocycles. The number of hydrogen-bond acceptors (Lipinski definition) is 3. The van der Waals surface area contributed by atoms with Crippen LogP contribution in [0.4, 0.5) is 4.39 Å². The van der Waals surface area contributed by atoms with Gasteiger partial charge in [0, 0.05) is 18.4 Å². The molecule has 0 amide bonds. The molecule has 1 aromatic heterocycles. The number of aliphatic hydroxyl groups excluding tert-OH is 1. The predicted octanol–water partition coefficient (Wildman–Crippen LogP) is 2.58. The highest BCUT2D eigenvalue weighted by atomic mass is 19.1. The summed E-state index contributed by atoms with van der Waals surface area (Å²) in [5, 5.41) is 14.2. The van der Waals surface area contributed by atoms with Crippen molar-refractivity contribution in [2.45, 2.75) is 39.7 Å². The summed E-state index contributed by atoms with van der Waals surface area (Å²) < 4.78 is 15.0. The first kappa shape index (κ1) is 13.7. The Bertz CT molecular complexity index is 578. The molecule has 0 saturated heterocycles. The molecule has 0 radical (unpaired) electrons. The molecular weight excluding hydrogens is 245 g/mol. The van der Waals surface area contributed by atoms with Gasteiger partial charge in [0.15, 0.2) is 5.82 Å². The fourth-order valence-electron chi connectivity index (χ4n) is 2.02. The van der Waals surface area contributed by atoms with Gasteiger partial charge in [-0.3, -0.25) is 0 Å². The maximum atomic E-state index is 13.3. The van der Waals surface area contributed by atoms with E-state index >= 15 is 0 Å². The molecular formula is C14H18FN3O. The number of halogens is 1. The van der Waals surface area contributed by atoms with Gasteiger partial charge in [-0.25, -0.2) is 14.1 Å². The molecule has 0 saturated carbocycles. The van der Waals surface area contributed by atoms with Crippen LogP contribution < -0.4 is 0 Å². The molecule has 2 rings (SSSR count). The largest absolute Gasteiger partial charge is 0.389 e. The van der Waals surface area contributed by atoms with Crippen molar-refractivity contribution in [3.05, 3.63) is 41.2 Å². The van der Waals surface area contributed by atoms with Crippen LogP contribution in [-0.2, 0) is 12.8 Å². The summed E-state index contributed by atoms with van der Waals surface area (Å²) in [4.78, 5) is 4.42. The van der Waals surface area contributed by atoms with Crippen LogP contribution in [0.2, 0.25) is 0 Å². The molecule has 0 aliphatic carbocycles. The average Bonchev–Trinajstić information content (AvgIpc) is 2.81. The van der Waals surface area contributed by atoms with E-state index in [0.29, 0.717) is 11.3 Å². The lowest BCUT2D eigenvalue weighted by Gasteiger charge is -2.13. The standard InChI is InChI=1S/C14H18FN3O/c1-4-13-16-14(5-2)18(17-13)12-7-6-10(15)8-11(12)9(3)19/h6-9,19H,4-5H2,1-3H3/t9-/m1/s1. The maximum absolute atomic E-state index is 13.3. The molecule has 19 heavy (non-hydrogen) atoms. The van der Waals surface area contributed by atoms with Crippen molar-refractivity contribution in [2.75, 3.05) is 0 Å². The summed E-state index contributed by atoms with van der Waals surface area (Å²) in [5.74, 6) is 1.19. The van der Waals surface area contributed by atoms with Crippen molar-refractivity contribution in [2.24, 2.45) is 0 Å². The molecule has 1 N–H and O–H groups in total. The lowest BCUT2D eigenvalue weighted by atomic mass is 10.1. The van der Waals surface area contributed by atoms with Crippen molar-refractivity contribution in [3.63, 3.8) is 0 Å². The minimum absolute atomic E-state index is 0.367. The highest BCUT2D eigenvalue weighted by Crippen LogP contribution is 2.23. The van der Waals surface area contributed by atoms with Gasteiger partial charge in [0.05, 0.1) is 11.8 Å². The normalized spacial score (nSPS) is 12.7. The van der Waals surface area contributed by atoms with Crippen molar-refractivity contribution in [3.8, 4) is 5.69 Å². The summed E-state index contributed by atoms with van der Waals surface area (Å²) in [5.41, 5.74) is 1.20. The fraction of sp³-hybridized carbons (Fsp3) is 0.429. The number of aliphatic hydroxyl groups is 1. The Balaban J connectivity index is 2.60. The van der Waals surface area contributed by atoms with Gasteiger partial charge in [-0.15, -0.1) is 0 Å². The monoisotopic (exact) mass is 263 g/mol. The predicted molar refractivity (Wildman–Crippen MR) is 70.7 cm³/mol. The van der Waals surface area contributed by atoms with E-state index in [-0.39, 0.29) is 5.82 Å². The van der Waals surface area contributed by atoms with Gasteiger partial charge in [0.2, 0.25) is 0 Å². The minimum Gasteiger partial charge on any atom is -0.389 e. The molecule has 4 nitrogen and oxygen atoms in total. The molecule has 1 atom stereocenters. The number of hydrogen-bond donors (Lipinski definition) is 1. The Morgan fingerprint density at radius 2 is 2.05 bits per heavy atom. The van der Waals surface area contributed by atoms with Gasteiger partial charge in [-0.1, -0.05) is 13.8 Å². The lowest BCUT2D eigenvalue weighted by molar-refractivity contribution is 0.198. The van der Waals surface area contributed by atoms with E-state index in [9.17, 15) is 9.50 Å². The Hall–Kier alpha value is -1.75. The lowest BCUT2D eigenvalue weighted by Crippen LogP contribution is -2.08. The third-order valence-corrected chi connectivity index (χ3v) is 3.02. The van der Waals surface area contributed by atoms with E-state index in [0.717, 1.165) is 24.5 Å². The van der Waals surface area contributed by atoms with Crippen molar-refractivity contribution < 1.29 is 9.50 Å². The van der Waals surface area contributed by atoms with Crippen LogP contribution in [-0.4, -0.2) is 19.9 Å². The number of aromatic nitrogens is 3. The van der Waals surface area contributed by atoms with Crippen LogP contribution in [0.3, 0.4) is 0 Å². The van der Waals surface area contributed by atoms with E-state index in [4.69, 9.17) is 0 Å². The van der Waals surface area contributed by atoms with Gasteiger partial charge in [0.1, 0.15) is 11.6 Å². The summed E-state index contributed by atoms with van der Waals surface area (Å²) in [6, 6.07) is 4.34. The van der Waals surface area contributed by atoms with Gasteiger partial charge < -0.3 is 5.11 Å². The van der Waals surface area contributed by atoms with Crippen LogP contribution in [0.1, 0.15) is 44.1 Å². The van der Waals surface area contributed by atoms with Gasteiger partial charge in [0.25, 0.3) is 0 Å². The minimum atomic E-state index is -0.760. The Kier molecular flexibility index (Phi) is 3.95. The highest BCUT2D eigenvalue weighted by molar-refractivity contribution is 5.42. The summed E-state index contributed by atoms with van der Waals surface area (Å²) in [6.45, 7) is 5.59. The molecule has 0 unspecified atom stereocenters. The average molecular weight is 263 g/mol. The van der Waals surface area contributed by atoms with Crippen molar-refractivity contribution >= 4 is 0 Å². The highest BCUT2D eigenvalue weighted by Gasteiger charge is 2.15. The van der Waals surface area contributed by atoms with E-state index in [1.54, 1.807) is 17.7 Å². The summed E-state index contributed by atoms with van der Waals surface area (Å²) in [6.07, 6.45) is 0.708. The molecule has 0 aliphatic rings. The van der Waals surface area contributed by atoms with E-state index in [1.165, 1.54) is 12.1 Å². The van der Waals surface area contributed by atoms with Crippen LogP contribution in [0.15, 0.2) is 18.2 Å². The first-order valence-corrected chi connectivity index (χ1v) is 6.49. The molecule has 2 aromatic rings. The number of aryl methyl sites for hydroxylation is 2. The van der Waals surface area contributed by atoms with Gasteiger partial charge in [-0.2, -0.15) is 5.10 Å². The van der Waals surface area contributed by atoms with Crippen LogP contribution in [0.25, 0.3) is 5.69 Å². The smallest absolute Gasteiger partial charge is 0.151 e. The van der Waals surface area contributed by atoms with Gasteiger partial charge >= 0.3 is 0 Å². The van der Waals surface area contributed by atoms with E-state index in [1.807, 2.05) is 13.8 Å². The zero-order valence-corrected chi connectivity index (χ0v) is 11.4. The summed E-state index contributed by atoms with van der Waals surface area (Å²) >= 11 is 0. The van der Waals surface area contributed by atoms with E-state index < -0.39 is 6.10 Å². The van der Waals surface area contributed by atoms with E-state index in [2.05, 4.69) is 10.1 Å². The van der Waals surface area contributed by atoms with Crippen molar-refractivity contribution in [1.82, 2.24) is 14.8 Å². The molecule has 5 heteroatoms. The molecule has 0 aliphatic heterocycles. The second-order valence-electron chi connectivity index (χ2n) is 4.44. The molecule has 0 bridgehead atoms. The molecule has 1 heterocycles. The maximum Gasteiger partial charge on any atom is 0.151 e. The molecule has 0 spiro atoms. The SMILES string of the molecule is CCc1nc(CC)n(-c2ccc(F)cc2[C@@H](C)O)n1. The van der Waals surface area contributed by atoms with Crippen molar-refractivity contribution in [1.29, 1.82) is 0 Å². The number of benzene rings is 1. The molecule has 102 valence electrons. The topological polar surface area (TPSA) is 50.9 Å².